The lowest BCUT2D eigenvalue weighted by Gasteiger charge is -2.11. The van der Waals surface area contributed by atoms with Crippen molar-refractivity contribution < 1.29 is 4.74 Å². The minimum absolute atomic E-state index is 0.379. The first-order valence-corrected chi connectivity index (χ1v) is 6.44. The Bertz CT molecular complexity index is 539. The third kappa shape index (κ3) is 2.87. The lowest BCUT2D eigenvalue weighted by atomic mass is 10.3. The van der Waals surface area contributed by atoms with Crippen LogP contribution in [0.25, 0.3) is 10.2 Å². The second kappa shape index (κ2) is 5.47. The van der Waals surface area contributed by atoms with Crippen molar-refractivity contribution in [2.75, 3.05) is 32.7 Å². The van der Waals surface area contributed by atoms with Gasteiger partial charge < -0.3 is 9.64 Å². The van der Waals surface area contributed by atoms with E-state index < -0.39 is 0 Å². The maximum Gasteiger partial charge on any atom is 0.241 e. The van der Waals surface area contributed by atoms with E-state index in [4.69, 9.17) is 10.6 Å². The van der Waals surface area contributed by atoms with E-state index in [1.165, 1.54) is 4.88 Å². The molecule has 0 amide bonds. The minimum atomic E-state index is 0.379. The highest BCUT2D eigenvalue weighted by Crippen LogP contribution is 2.30. The molecule has 6 nitrogen and oxygen atoms in total. The molecule has 0 fully saturated rings. The van der Waals surface area contributed by atoms with Gasteiger partial charge in [-0.05, 0) is 27.1 Å². The normalized spacial score (nSPS) is 11.2. The molecule has 0 spiro atoms. The third-order valence-corrected chi connectivity index (χ3v) is 3.33. The molecule has 0 aliphatic rings. The summed E-state index contributed by atoms with van der Waals surface area (Å²) in [6.45, 7) is 3.45. The van der Waals surface area contributed by atoms with Crippen LogP contribution in [0.5, 0.6) is 5.88 Å². The Kier molecular flexibility index (Phi) is 3.95. The van der Waals surface area contributed by atoms with Gasteiger partial charge in [-0.3, -0.25) is 5.43 Å². The van der Waals surface area contributed by atoms with Crippen LogP contribution >= 0.6 is 11.3 Å². The van der Waals surface area contributed by atoms with E-state index in [0.717, 1.165) is 16.8 Å². The van der Waals surface area contributed by atoms with Crippen LogP contribution in [0.1, 0.15) is 4.88 Å². The fraction of sp³-hybridized carbons (Fsp3) is 0.455. The molecule has 0 saturated heterocycles. The number of nitrogens with zero attached hydrogens (tertiary/aromatic N) is 3. The van der Waals surface area contributed by atoms with Gasteiger partial charge in [0.15, 0.2) is 0 Å². The van der Waals surface area contributed by atoms with E-state index >= 15 is 0 Å². The molecule has 0 aliphatic carbocycles. The van der Waals surface area contributed by atoms with E-state index in [9.17, 15) is 0 Å². The molecule has 2 aromatic rings. The van der Waals surface area contributed by atoms with Crippen LogP contribution in [0.4, 0.5) is 5.95 Å². The number of hydrazine groups is 1. The van der Waals surface area contributed by atoms with Crippen molar-refractivity contribution in [3.05, 3.63) is 10.9 Å². The zero-order valence-corrected chi connectivity index (χ0v) is 11.5. The fourth-order valence-corrected chi connectivity index (χ4v) is 2.39. The SMILES string of the molecule is Cc1cc2c(OCCN(C)C)nc(NN)nc2s1. The molecule has 0 saturated carbocycles. The van der Waals surface area contributed by atoms with Crippen LogP contribution in [0.3, 0.4) is 0 Å². The average Bonchev–Trinajstić information content (AvgIpc) is 2.68. The summed E-state index contributed by atoms with van der Waals surface area (Å²) in [5.74, 6) is 6.32. The van der Waals surface area contributed by atoms with Crippen molar-refractivity contribution >= 4 is 27.5 Å². The Hall–Kier alpha value is -1.44. The van der Waals surface area contributed by atoms with Crippen LogP contribution in [0.2, 0.25) is 0 Å². The number of aromatic nitrogens is 2. The minimum Gasteiger partial charge on any atom is -0.476 e. The summed E-state index contributed by atoms with van der Waals surface area (Å²) in [5, 5.41) is 0.940. The quantitative estimate of drug-likeness (QED) is 0.627. The number of thiophene rings is 1. The predicted molar refractivity (Wildman–Crippen MR) is 74.0 cm³/mol. The molecule has 0 bridgehead atoms. The van der Waals surface area contributed by atoms with Gasteiger partial charge in [0.05, 0.1) is 5.39 Å². The first-order chi connectivity index (χ1) is 8.60. The Morgan fingerprint density at radius 2 is 2.22 bits per heavy atom. The highest BCUT2D eigenvalue weighted by atomic mass is 32.1. The third-order valence-electron chi connectivity index (χ3n) is 2.39. The lowest BCUT2D eigenvalue weighted by molar-refractivity contribution is 0.256. The van der Waals surface area contributed by atoms with Crippen LogP contribution in [-0.2, 0) is 0 Å². The number of rotatable bonds is 5. The molecule has 0 aromatic carbocycles. The maximum absolute atomic E-state index is 5.70. The topological polar surface area (TPSA) is 76.3 Å². The van der Waals surface area contributed by atoms with Crippen molar-refractivity contribution in [1.82, 2.24) is 14.9 Å². The molecule has 2 heterocycles. The Balaban J connectivity index is 2.28. The van der Waals surface area contributed by atoms with Crippen LogP contribution in [0, 0.1) is 6.92 Å². The summed E-state index contributed by atoms with van der Waals surface area (Å²) >= 11 is 1.60. The molecule has 98 valence electrons. The summed E-state index contributed by atoms with van der Waals surface area (Å²) < 4.78 is 5.70. The van der Waals surface area contributed by atoms with E-state index in [0.29, 0.717) is 18.4 Å². The first-order valence-electron chi connectivity index (χ1n) is 5.62. The number of ether oxygens (including phenoxy) is 1. The largest absolute Gasteiger partial charge is 0.476 e. The number of anilines is 1. The Morgan fingerprint density at radius 1 is 1.44 bits per heavy atom. The molecule has 18 heavy (non-hydrogen) atoms. The first kappa shape index (κ1) is 13.0. The summed E-state index contributed by atoms with van der Waals surface area (Å²) in [7, 11) is 4.00. The van der Waals surface area contributed by atoms with Gasteiger partial charge in [0, 0.05) is 11.4 Å². The van der Waals surface area contributed by atoms with E-state index in [2.05, 4.69) is 20.3 Å². The average molecular weight is 267 g/mol. The number of hydrogen-bond donors (Lipinski definition) is 2. The van der Waals surface area contributed by atoms with Gasteiger partial charge in [-0.25, -0.2) is 10.8 Å². The van der Waals surface area contributed by atoms with E-state index in [1.807, 2.05) is 27.1 Å². The van der Waals surface area contributed by atoms with Gasteiger partial charge in [-0.15, -0.1) is 11.3 Å². The molecule has 0 atom stereocenters. The lowest BCUT2D eigenvalue weighted by Crippen LogP contribution is -2.20. The number of nitrogen functional groups attached to an aromatic ring is 1. The van der Waals surface area contributed by atoms with Gasteiger partial charge in [-0.1, -0.05) is 0 Å². The maximum atomic E-state index is 5.70. The monoisotopic (exact) mass is 267 g/mol. The van der Waals surface area contributed by atoms with Crippen molar-refractivity contribution in [3.8, 4) is 5.88 Å². The van der Waals surface area contributed by atoms with Gasteiger partial charge in [0.2, 0.25) is 11.8 Å². The summed E-state index contributed by atoms with van der Waals surface area (Å²) in [6, 6.07) is 2.03. The second-order valence-electron chi connectivity index (χ2n) is 4.22. The fourth-order valence-electron chi connectivity index (χ4n) is 1.52. The predicted octanol–water partition coefficient (Wildman–Crippen LogP) is 1.23. The number of nitrogens with two attached hydrogens (primary N) is 1. The number of hydrogen-bond acceptors (Lipinski definition) is 7. The smallest absolute Gasteiger partial charge is 0.241 e. The zero-order valence-electron chi connectivity index (χ0n) is 10.7. The highest BCUT2D eigenvalue weighted by Gasteiger charge is 2.11. The standard InChI is InChI=1S/C11H17N5OS/c1-7-6-8-9(17-5-4-16(2)3)13-11(15-12)14-10(8)18-7/h6H,4-5,12H2,1-3H3,(H,13,14,15). The van der Waals surface area contributed by atoms with E-state index in [-0.39, 0.29) is 0 Å². The van der Waals surface area contributed by atoms with Crippen LogP contribution in [0.15, 0.2) is 6.07 Å². The summed E-state index contributed by atoms with van der Waals surface area (Å²) in [6.07, 6.45) is 0. The number of aryl methyl sites for hydroxylation is 1. The summed E-state index contributed by atoms with van der Waals surface area (Å²) in [5.41, 5.74) is 2.46. The summed E-state index contributed by atoms with van der Waals surface area (Å²) in [4.78, 5) is 12.7. The van der Waals surface area contributed by atoms with E-state index in [1.54, 1.807) is 11.3 Å². The van der Waals surface area contributed by atoms with Gasteiger partial charge in [-0.2, -0.15) is 4.98 Å². The zero-order chi connectivity index (χ0) is 13.1. The number of likely N-dealkylation sites (N-methyl/N-ethyl adjacent to an activating group) is 1. The molecular formula is C11H17N5OS. The Labute approximate surface area is 110 Å². The molecule has 0 aliphatic heterocycles. The van der Waals surface area contributed by atoms with Gasteiger partial charge in [0.25, 0.3) is 0 Å². The molecule has 3 N–H and O–H groups in total. The molecule has 2 aromatic heterocycles. The molecule has 0 radical (unpaired) electrons. The molecule has 0 unspecified atom stereocenters. The van der Waals surface area contributed by atoms with Gasteiger partial charge in [0.1, 0.15) is 11.4 Å². The van der Waals surface area contributed by atoms with Crippen LogP contribution in [-0.4, -0.2) is 42.1 Å². The van der Waals surface area contributed by atoms with Crippen molar-refractivity contribution in [3.63, 3.8) is 0 Å². The van der Waals surface area contributed by atoms with Crippen LogP contribution < -0.4 is 16.0 Å². The number of fused-ring (bicyclic) bond motifs is 1. The highest BCUT2D eigenvalue weighted by molar-refractivity contribution is 7.18. The molecule has 2 rings (SSSR count). The molecule has 7 heteroatoms. The second-order valence-corrected chi connectivity index (χ2v) is 5.46. The number of nitrogens with one attached hydrogen (secondary N) is 1. The Morgan fingerprint density at radius 3 is 2.89 bits per heavy atom. The van der Waals surface area contributed by atoms with Gasteiger partial charge >= 0.3 is 0 Å². The van der Waals surface area contributed by atoms with Crippen molar-refractivity contribution in [1.29, 1.82) is 0 Å². The van der Waals surface area contributed by atoms with Crippen molar-refractivity contribution in [2.24, 2.45) is 5.84 Å². The van der Waals surface area contributed by atoms with Crippen molar-refractivity contribution in [2.45, 2.75) is 6.92 Å². The molecular weight excluding hydrogens is 250 g/mol.